The number of aromatic nitrogens is 2. The molecule has 0 aliphatic heterocycles. The molecule has 0 bridgehead atoms. The van der Waals surface area contributed by atoms with E-state index in [1.165, 1.54) is 6.33 Å². The lowest BCUT2D eigenvalue weighted by molar-refractivity contribution is -0.140. The van der Waals surface area contributed by atoms with Crippen LogP contribution in [-0.4, -0.2) is 108 Å². The maximum absolute atomic E-state index is 10.3. The number of guanidine groups is 1. The van der Waals surface area contributed by atoms with Crippen molar-refractivity contribution in [2.75, 3.05) is 18.9 Å². The predicted molar refractivity (Wildman–Crippen MR) is 135 cm³/mol. The Morgan fingerprint density at radius 2 is 1.43 bits per heavy atom. The van der Waals surface area contributed by atoms with Gasteiger partial charge >= 0.3 is 23.9 Å². The predicted octanol–water partition coefficient (Wildman–Crippen LogP) is -4.26. The molecule has 37 heavy (non-hydrogen) atoms. The molecule has 19 heteroatoms. The number of carbonyl (C=O) groups is 4. The molecule has 214 valence electrons. The zero-order valence-corrected chi connectivity index (χ0v) is 20.8. The fourth-order valence-electron chi connectivity index (χ4n) is 1.54. The number of hydrogen-bond donors (Lipinski definition) is 14. The van der Waals surface area contributed by atoms with Gasteiger partial charge in [-0.2, -0.15) is 12.6 Å². The fourth-order valence-corrected chi connectivity index (χ4v) is 1.70. The van der Waals surface area contributed by atoms with Crippen LogP contribution >= 0.6 is 12.6 Å². The Labute approximate surface area is 217 Å². The van der Waals surface area contributed by atoms with Crippen molar-refractivity contribution >= 4 is 42.5 Å². The van der Waals surface area contributed by atoms with Crippen LogP contribution in [0.1, 0.15) is 18.5 Å². The zero-order valence-electron chi connectivity index (χ0n) is 19.9. The van der Waals surface area contributed by atoms with Crippen molar-refractivity contribution in [1.82, 2.24) is 15.3 Å². The molecule has 0 fully saturated rings. The largest absolute Gasteiger partial charge is 0.480 e. The minimum Gasteiger partial charge on any atom is -0.480 e. The van der Waals surface area contributed by atoms with E-state index in [4.69, 9.17) is 59.6 Å². The Hall–Kier alpha value is -3.49. The number of hydrogen-bond acceptors (Lipinski definition) is 12. The third-order valence-corrected chi connectivity index (χ3v) is 4.05. The van der Waals surface area contributed by atoms with E-state index in [0.29, 0.717) is 25.1 Å². The molecule has 1 aromatic heterocycles. The Kier molecular flexibility index (Phi) is 23.6. The van der Waals surface area contributed by atoms with Crippen molar-refractivity contribution in [3.8, 4) is 0 Å². The average Bonchev–Trinajstić information content (AvgIpc) is 3.34. The van der Waals surface area contributed by atoms with Gasteiger partial charge in [0.15, 0.2) is 5.96 Å². The number of nitrogens with two attached hydrogens (primary N) is 5. The number of rotatable bonds is 12. The van der Waals surface area contributed by atoms with Gasteiger partial charge in [-0.05, 0) is 12.8 Å². The van der Waals surface area contributed by atoms with Gasteiger partial charge in [-0.3, -0.25) is 24.6 Å². The molecule has 18 N–H and O–H groups in total. The minimum absolute atomic E-state index is 0.112. The maximum Gasteiger partial charge on any atom is 0.322 e. The highest BCUT2D eigenvalue weighted by atomic mass is 32.1. The van der Waals surface area contributed by atoms with Gasteiger partial charge in [0.25, 0.3) is 0 Å². The number of aliphatic hydroxyl groups excluding tert-OH is 1. The first kappa shape index (κ1) is 38.0. The summed E-state index contributed by atoms with van der Waals surface area (Å²) >= 11 is 3.65. The van der Waals surface area contributed by atoms with Crippen LogP contribution in [0.2, 0.25) is 0 Å². The molecular weight excluding hydrogens is 518 g/mol. The van der Waals surface area contributed by atoms with Crippen LogP contribution in [0.15, 0.2) is 12.5 Å². The van der Waals surface area contributed by atoms with Crippen molar-refractivity contribution in [3.63, 3.8) is 0 Å². The van der Waals surface area contributed by atoms with E-state index >= 15 is 0 Å². The lowest BCUT2D eigenvalue weighted by Crippen LogP contribution is -2.34. The molecule has 0 aliphatic rings. The lowest BCUT2D eigenvalue weighted by Gasteiger charge is -2.06. The van der Waals surface area contributed by atoms with Crippen LogP contribution in [0.3, 0.4) is 0 Å². The summed E-state index contributed by atoms with van der Waals surface area (Å²) in [6, 6.07) is -3.62. The van der Waals surface area contributed by atoms with Crippen LogP contribution < -0.4 is 34.0 Å². The Morgan fingerprint density at radius 3 is 1.70 bits per heavy atom. The zero-order chi connectivity index (χ0) is 29.6. The van der Waals surface area contributed by atoms with Crippen molar-refractivity contribution < 1.29 is 44.7 Å². The van der Waals surface area contributed by atoms with Crippen LogP contribution in [0.25, 0.3) is 0 Å². The number of thiol groups is 1. The summed E-state index contributed by atoms with van der Waals surface area (Å²) in [6.45, 7) is -0.0222. The van der Waals surface area contributed by atoms with E-state index in [-0.39, 0.29) is 18.1 Å². The van der Waals surface area contributed by atoms with Gasteiger partial charge in [-0.1, -0.05) is 0 Å². The number of nitrogens with one attached hydrogen (secondary N) is 3. The lowest BCUT2D eigenvalue weighted by atomic mass is 10.2. The number of carboxylic acid groups (broad SMARTS) is 4. The Morgan fingerprint density at radius 1 is 0.946 bits per heavy atom. The van der Waals surface area contributed by atoms with Crippen LogP contribution in [0.4, 0.5) is 0 Å². The molecule has 0 saturated carbocycles. The monoisotopic (exact) mass is 555 g/mol. The molecule has 1 heterocycles. The van der Waals surface area contributed by atoms with E-state index in [1.54, 1.807) is 6.20 Å². The molecule has 0 spiro atoms. The highest BCUT2D eigenvalue weighted by Crippen LogP contribution is 1.95. The number of H-pyrrole nitrogens is 1. The molecule has 1 aromatic rings. The number of aromatic amines is 1. The summed E-state index contributed by atoms with van der Waals surface area (Å²) < 4.78 is 0. The molecule has 0 aliphatic carbocycles. The second-order valence-electron chi connectivity index (χ2n) is 6.89. The summed E-state index contributed by atoms with van der Waals surface area (Å²) in [4.78, 5) is 46.4. The smallest absolute Gasteiger partial charge is 0.322 e. The quantitative estimate of drug-likeness (QED) is 0.0502. The number of carboxylic acids is 4. The summed E-state index contributed by atoms with van der Waals surface area (Å²) in [5.74, 6) is -4.11. The highest BCUT2D eigenvalue weighted by molar-refractivity contribution is 7.80. The van der Waals surface area contributed by atoms with E-state index in [0.717, 1.165) is 0 Å². The Balaban J connectivity index is -0.000000429. The minimum atomic E-state index is -1.18. The molecular formula is C18H37N9O9S. The molecule has 0 saturated heterocycles. The first-order chi connectivity index (χ1) is 17.1. The van der Waals surface area contributed by atoms with E-state index in [1.807, 2.05) is 0 Å². The van der Waals surface area contributed by atoms with Crippen LogP contribution in [-0.2, 0) is 25.6 Å². The third-order valence-electron chi connectivity index (χ3n) is 3.65. The fraction of sp³-hybridized carbons (Fsp3) is 0.556. The van der Waals surface area contributed by atoms with Gasteiger partial charge in [0.05, 0.1) is 18.6 Å². The topological polar surface area (TPSA) is 364 Å². The summed E-state index contributed by atoms with van der Waals surface area (Å²) in [6.07, 6.45) is 4.36. The number of aliphatic hydroxyl groups is 1. The standard InChI is InChI=1S/C6H14N4O2.C6H9N3O2.C3H7NO3.C3H7NO2S/c7-4(5(11)12)2-1-3-10-6(8)9;7-5(6(10)11)1-4-2-8-3-9-4;4-2(1-5)3(6)7;4-2(1-7)3(5)6/h4H,1-3,7H2,(H,11,12)(H4,8,9,10);2-3,5H,1,7H2,(H,8,9)(H,10,11);2,5H,1,4H2,(H,6,7);2,7H,1,4H2,(H,5,6)/t4-;5-;2*2-/m0000/s1. The maximum atomic E-state index is 10.3. The van der Waals surface area contributed by atoms with Gasteiger partial charge in [0, 0.05) is 24.9 Å². The second-order valence-corrected chi connectivity index (χ2v) is 7.26. The van der Waals surface area contributed by atoms with E-state index in [9.17, 15) is 19.2 Å². The average molecular weight is 556 g/mol. The van der Waals surface area contributed by atoms with Crippen molar-refractivity contribution in [2.24, 2.45) is 28.7 Å². The Bertz CT molecular complexity index is 780. The summed E-state index contributed by atoms with van der Waals surface area (Å²) in [5, 5.41) is 50.0. The normalized spacial score (nSPS) is 12.8. The third kappa shape index (κ3) is 25.4. The molecule has 18 nitrogen and oxygen atoms in total. The van der Waals surface area contributed by atoms with Crippen molar-refractivity contribution in [1.29, 1.82) is 5.41 Å². The molecule has 1 rings (SSSR count). The summed E-state index contributed by atoms with van der Waals surface area (Å²) in [7, 11) is 0. The summed E-state index contributed by atoms with van der Waals surface area (Å²) in [5.41, 5.74) is 25.8. The van der Waals surface area contributed by atoms with Gasteiger partial charge < -0.3 is 64.5 Å². The van der Waals surface area contributed by atoms with Gasteiger partial charge in [0.2, 0.25) is 0 Å². The highest BCUT2D eigenvalue weighted by Gasteiger charge is 2.12. The number of nitrogens with zero attached hydrogens (tertiary/aromatic N) is 1. The first-order valence-electron chi connectivity index (χ1n) is 10.3. The second kappa shape index (κ2) is 22.9. The first-order valence-corrected chi connectivity index (χ1v) is 10.9. The molecule has 0 unspecified atom stereocenters. The van der Waals surface area contributed by atoms with E-state index < -0.39 is 54.7 Å². The molecule has 0 amide bonds. The molecule has 0 radical (unpaired) electrons. The van der Waals surface area contributed by atoms with Gasteiger partial charge in [-0.25, -0.2) is 4.98 Å². The SMILES string of the molecule is N=C(N)NCCC[C@H](N)C(=O)O.N[C@@H](CO)C(=O)O.N[C@@H](CS)C(=O)O.N[C@@H](Cc1c[nH]cn1)C(=O)O. The van der Waals surface area contributed by atoms with Crippen LogP contribution in [0, 0.1) is 5.41 Å². The van der Waals surface area contributed by atoms with Gasteiger partial charge in [0.1, 0.15) is 24.2 Å². The van der Waals surface area contributed by atoms with Crippen LogP contribution in [0.5, 0.6) is 0 Å². The van der Waals surface area contributed by atoms with Crippen molar-refractivity contribution in [3.05, 3.63) is 18.2 Å². The molecule has 0 aromatic carbocycles. The number of aliphatic carboxylic acids is 4. The number of imidazole rings is 1. The van der Waals surface area contributed by atoms with Gasteiger partial charge in [-0.15, -0.1) is 0 Å². The van der Waals surface area contributed by atoms with Crippen molar-refractivity contribution in [2.45, 2.75) is 43.4 Å². The van der Waals surface area contributed by atoms with E-state index in [2.05, 4.69) is 27.9 Å². The molecule has 4 atom stereocenters.